The van der Waals surface area contributed by atoms with Crippen molar-refractivity contribution in [1.82, 2.24) is 4.90 Å². The van der Waals surface area contributed by atoms with Crippen LogP contribution in [-0.2, 0) is 20.7 Å². The number of nitrogens with two attached hydrogens (primary N) is 1. The van der Waals surface area contributed by atoms with E-state index in [4.69, 9.17) is 15.2 Å². The van der Waals surface area contributed by atoms with E-state index in [1.54, 1.807) is 4.90 Å². The minimum Gasteiger partial charge on any atom is -0.460 e. The maximum atomic E-state index is 13.1. The number of amides is 1. The lowest BCUT2D eigenvalue weighted by Crippen LogP contribution is -2.40. The van der Waals surface area contributed by atoms with Crippen LogP contribution in [0.5, 0.6) is 0 Å². The number of nitrogens with zero attached hydrogens (tertiary/aromatic N) is 1. The maximum absolute atomic E-state index is 13.1. The third-order valence-corrected chi connectivity index (χ3v) is 4.92. The summed E-state index contributed by atoms with van der Waals surface area (Å²) in [7, 11) is 0. The normalized spacial score (nSPS) is 21.0. The summed E-state index contributed by atoms with van der Waals surface area (Å²) in [5.74, 6) is -0.595. The Kier molecular flexibility index (Phi) is 6.86. The van der Waals surface area contributed by atoms with E-state index < -0.39 is 11.2 Å². The van der Waals surface area contributed by atoms with Crippen LogP contribution < -0.4 is 5.73 Å². The summed E-state index contributed by atoms with van der Waals surface area (Å²) >= 11 is 0. The highest BCUT2D eigenvalue weighted by Crippen LogP contribution is 2.34. The molecule has 162 valence electrons. The second kappa shape index (κ2) is 8.64. The number of ether oxygens (including phenoxy) is 2. The average Bonchev–Trinajstić information content (AvgIpc) is 2.91. The van der Waals surface area contributed by atoms with Gasteiger partial charge in [-0.1, -0.05) is 12.1 Å². The fourth-order valence-corrected chi connectivity index (χ4v) is 3.73. The first-order chi connectivity index (χ1) is 13.2. The van der Waals surface area contributed by atoms with Crippen molar-refractivity contribution >= 4 is 17.7 Å². The number of benzene rings is 1. The SMILES string of the molecule is C[C@@H]1C[C@H]([C@H](Cc2cccc(N)c2)C(=O)OC(C)(C)C)CN1C(=O)OC(C)(C)C. The molecule has 2 N–H and O–H groups in total. The summed E-state index contributed by atoms with van der Waals surface area (Å²) in [5.41, 5.74) is 6.46. The lowest BCUT2D eigenvalue weighted by atomic mass is 9.85. The Morgan fingerprint density at radius 3 is 2.31 bits per heavy atom. The van der Waals surface area contributed by atoms with Gasteiger partial charge in [0.1, 0.15) is 11.2 Å². The molecule has 0 bridgehead atoms. The zero-order chi connectivity index (χ0) is 22.0. The second-order valence-electron chi connectivity index (χ2n) is 10.1. The molecule has 0 radical (unpaired) electrons. The van der Waals surface area contributed by atoms with Crippen molar-refractivity contribution in [2.24, 2.45) is 11.8 Å². The molecule has 6 nitrogen and oxygen atoms in total. The molecule has 3 atom stereocenters. The van der Waals surface area contributed by atoms with Crippen molar-refractivity contribution < 1.29 is 19.1 Å². The van der Waals surface area contributed by atoms with Crippen molar-refractivity contribution in [3.63, 3.8) is 0 Å². The summed E-state index contributed by atoms with van der Waals surface area (Å²) in [6.07, 6.45) is 0.921. The van der Waals surface area contributed by atoms with E-state index in [0.717, 1.165) is 12.0 Å². The lowest BCUT2D eigenvalue weighted by Gasteiger charge is -2.28. The minimum absolute atomic E-state index is 0.000583. The van der Waals surface area contributed by atoms with Gasteiger partial charge in [-0.05, 0) is 84.9 Å². The molecule has 1 saturated heterocycles. The molecule has 6 heteroatoms. The smallest absolute Gasteiger partial charge is 0.410 e. The third-order valence-electron chi connectivity index (χ3n) is 4.92. The highest BCUT2D eigenvalue weighted by atomic mass is 16.6. The predicted molar refractivity (Wildman–Crippen MR) is 114 cm³/mol. The standard InChI is InChI=1S/C23H36N2O4/c1-15-11-17(14-25(15)21(27)29-23(5,6)7)19(20(26)28-22(2,3)4)13-16-9-8-10-18(24)12-16/h8-10,12,15,17,19H,11,13-14,24H2,1-7H3/t15-,17+,19+/m1/s1. The van der Waals surface area contributed by atoms with Gasteiger partial charge in [-0.3, -0.25) is 4.79 Å². The van der Waals surface area contributed by atoms with E-state index in [2.05, 4.69) is 0 Å². The first-order valence-corrected chi connectivity index (χ1v) is 10.3. The van der Waals surface area contributed by atoms with Crippen molar-refractivity contribution in [2.75, 3.05) is 12.3 Å². The van der Waals surface area contributed by atoms with E-state index >= 15 is 0 Å². The zero-order valence-electron chi connectivity index (χ0n) is 18.8. The van der Waals surface area contributed by atoms with Gasteiger partial charge >= 0.3 is 12.1 Å². The number of rotatable bonds is 4. The van der Waals surface area contributed by atoms with E-state index in [1.807, 2.05) is 72.7 Å². The van der Waals surface area contributed by atoms with Crippen LogP contribution in [0.4, 0.5) is 10.5 Å². The van der Waals surface area contributed by atoms with Crippen LogP contribution >= 0.6 is 0 Å². The maximum Gasteiger partial charge on any atom is 0.410 e. The van der Waals surface area contributed by atoms with Gasteiger partial charge in [-0.2, -0.15) is 0 Å². The van der Waals surface area contributed by atoms with Crippen LogP contribution in [-0.4, -0.2) is 40.8 Å². The first-order valence-electron chi connectivity index (χ1n) is 10.3. The summed E-state index contributed by atoms with van der Waals surface area (Å²) in [4.78, 5) is 27.4. The van der Waals surface area contributed by atoms with Crippen LogP contribution in [0, 0.1) is 11.8 Å². The molecule has 1 aromatic carbocycles. The van der Waals surface area contributed by atoms with Gasteiger partial charge in [0, 0.05) is 18.3 Å². The second-order valence-corrected chi connectivity index (χ2v) is 10.1. The van der Waals surface area contributed by atoms with Crippen LogP contribution in [0.2, 0.25) is 0 Å². The monoisotopic (exact) mass is 404 g/mol. The lowest BCUT2D eigenvalue weighted by molar-refractivity contribution is -0.161. The quantitative estimate of drug-likeness (QED) is 0.593. The zero-order valence-corrected chi connectivity index (χ0v) is 18.8. The van der Waals surface area contributed by atoms with Gasteiger partial charge < -0.3 is 20.1 Å². The van der Waals surface area contributed by atoms with Gasteiger partial charge in [0.2, 0.25) is 0 Å². The summed E-state index contributed by atoms with van der Waals surface area (Å²) < 4.78 is 11.3. The van der Waals surface area contributed by atoms with E-state index in [9.17, 15) is 9.59 Å². The molecule has 0 saturated carbocycles. The molecule has 1 aliphatic rings. The third kappa shape index (κ3) is 6.94. The number of esters is 1. The largest absolute Gasteiger partial charge is 0.460 e. The number of likely N-dealkylation sites (tertiary alicyclic amines) is 1. The predicted octanol–water partition coefficient (Wildman–Crippen LogP) is 4.41. The number of carbonyl (C=O) groups excluding carboxylic acids is 2. The topological polar surface area (TPSA) is 81.9 Å². The van der Waals surface area contributed by atoms with Crippen LogP contribution in [0.1, 0.15) is 60.5 Å². The van der Waals surface area contributed by atoms with E-state index in [0.29, 0.717) is 18.7 Å². The van der Waals surface area contributed by atoms with Crippen molar-refractivity contribution in [2.45, 2.75) is 78.6 Å². The van der Waals surface area contributed by atoms with Gasteiger partial charge in [0.15, 0.2) is 0 Å². The Morgan fingerprint density at radius 2 is 1.76 bits per heavy atom. The Labute approximate surface area is 174 Å². The molecule has 0 aromatic heterocycles. The Morgan fingerprint density at radius 1 is 1.14 bits per heavy atom. The van der Waals surface area contributed by atoms with Gasteiger partial charge in [0.25, 0.3) is 0 Å². The fourth-order valence-electron chi connectivity index (χ4n) is 3.73. The van der Waals surface area contributed by atoms with Gasteiger partial charge in [-0.25, -0.2) is 4.79 Å². The molecule has 29 heavy (non-hydrogen) atoms. The highest BCUT2D eigenvalue weighted by Gasteiger charge is 2.42. The molecule has 1 aliphatic heterocycles. The molecule has 2 rings (SSSR count). The fraction of sp³-hybridized carbons (Fsp3) is 0.652. The van der Waals surface area contributed by atoms with Crippen molar-refractivity contribution in [1.29, 1.82) is 0 Å². The Bertz CT molecular complexity index is 733. The average molecular weight is 405 g/mol. The molecule has 1 aromatic rings. The first kappa shape index (κ1) is 23.0. The van der Waals surface area contributed by atoms with Crippen molar-refractivity contribution in [3.8, 4) is 0 Å². The summed E-state index contributed by atoms with van der Waals surface area (Å²) in [6.45, 7) is 13.6. The molecule has 1 fully saturated rings. The molecule has 1 amide bonds. The molecular formula is C23H36N2O4. The van der Waals surface area contributed by atoms with Crippen LogP contribution in [0.15, 0.2) is 24.3 Å². The molecular weight excluding hydrogens is 368 g/mol. The van der Waals surface area contributed by atoms with Crippen molar-refractivity contribution in [3.05, 3.63) is 29.8 Å². The molecule has 0 aliphatic carbocycles. The molecule has 0 spiro atoms. The number of hydrogen-bond donors (Lipinski definition) is 1. The van der Waals surface area contributed by atoms with E-state index in [-0.39, 0.29) is 29.9 Å². The van der Waals surface area contributed by atoms with E-state index in [1.165, 1.54) is 0 Å². The molecule has 0 unspecified atom stereocenters. The summed E-state index contributed by atoms with van der Waals surface area (Å²) in [6, 6.07) is 7.58. The number of carbonyl (C=O) groups is 2. The number of nitrogen functional groups attached to an aromatic ring is 1. The Hall–Kier alpha value is -2.24. The minimum atomic E-state index is -0.569. The van der Waals surface area contributed by atoms with Crippen LogP contribution in [0.3, 0.4) is 0 Å². The van der Waals surface area contributed by atoms with Gasteiger partial charge in [-0.15, -0.1) is 0 Å². The van der Waals surface area contributed by atoms with Crippen LogP contribution in [0.25, 0.3) is 0 Å². The number of hydrogen-bond acceptors (Lipinski definition) is 5. The van der Waals surface area contributed by atoms with Gasteiger partial charge in [0.05, 0.1) is 5.92 Å². The Balaban J connectivity index is 2.22. The summed E-state index contributed by atoms with van der Waals surface area (Å²) in [5, 5.41) is 0. The molecule has 1 heterocycles. The highest BCUT2D eigenvalue weighted by molar-refractivity contribution is 5.74. The number of anilines is 1.